The molecule has 1 aliphatic heterocycles. The van der Waals surface area contributed by atoms with Crippen LogP contribution in [0.5, 0.6) is 11.5 Å². The van der Waals surface area contributed by atoms with E-state index < -0.39 is 16.4 Å². The predicted molar refractivity (Wildman–Crippen MR) is 92.2 cm³/mol. The molecule has 2 aromatic carbocycles. The quantitative estimate of drug-likeness (QED) is 0.852. The average Bonchev–Trinajstić information content (AvgIpc) is 2.61. The summed E-state index contributed by atoms with van der Waals surface area (Å²) in [6.07, 6.45) is -4.74. The van der Waals surface area contributed by atoms with Crippen molar-refractivity contribution in [2.45, 2.75) is 11.3 Å². The zero-order valence-electron chi connectivity index (χ0n) is 14.1. The lowest BCUT2D eigenvalue weighted by molar-refractivity contribution is -0.274. The number of hydrogen-bond donors (Lipinski definition) is 1. The summed E-state index contributed by atoms with van der Waals surface area (Å²) in [5.74, 6) is -0.323. The molecule has 2 aromatic rings. The molecule has 0 saturated carbocycles. The van der Waals surface area contributed by atoms with E-state index in [1.54, 1.807) is 0 Å². The molecule has 146 valence electrons. The number of aromatic hydroxyl groups is 1. The van der Waals surface area contributed by atoms with Crippen LogP contribution >= 0.6 is 0 Å². The molecule has 1 heterocycles. The summed E-state index contributed by atoms with van der Waals surface area (Å²) in [6, 6.07) is 10.8. The zero-order valence-corrected chi connectivity index (χ0v) is 14.9. The van der Waals surface area contributed by atoms with Crippen molar-refractivity contribution in [1.82, 2.24) is 4.31 Å². The topological polar surface area (TPSA) is 70.1 Å². The lowest BCUT2D eigenvalue weighted by Crippen LogP contribution is -2.48. The molecule has 10 heteroatoms. The van der Waals surface area contributed by atoms with Crippen molar-refractivity contribution in [3.8, 4) is 11.5 Å². The van der Waals surface area contributed by atoms with Crippen molar-refractivity contribution in [2.24, 2.45) is 0 Å². The highest BCUT2D eigenvalue weighted by atomic mass is 32.2. The van der Waals surface area contributed by atoms with Gasteiger partial charge in [-0.05, 0) is 48.5 Å². The summed E-state index contributed by atoms with van der Waals surface area (Å²) in [5, 5.41) is 9.29. The molecule has 0 unspecified atom stereocenters. The molecular formula is C17H17F3N2O4S. The van der Waals surface area contributed by atoms with Crippen LogP contribution in [0.4, 0.5) is 18.9 Å². The average molecular weight is 402 g/mol. The highest BCUT2D eigenvalue weighted by molar-refractivity contribution is 7.89. The number of anilines is 1. The van der Waals surface area contributed by atoms with Gasteiger partial charge < -0.3 is 14.7 Å². The van der Waals surface area contributed by atoms with Crippen LogP contribution in [0.15, 0.2) is 53.4 Å². The minimum Gasteiger partial charge on any atom is -0.508 e. The van der Waals surface area contributed by atoms with E-state index in [-0.39, 0.29) is 29.5 Å². The first-order valence-electron chi connectivity index (χ1n) is 8.05. The molecule has 0 amide bonds. The number of halogens is 3. The number of rotatable bonds is 4. The molecule has 27 heavy (non-hydrogen) atoms. The normalized spacial score (nSPS) is 16.3. The molecule has 3 rings (SSSR count). The molecular weight excluding hydrogens is 385 g/mol. The van der Waals surface area contributed by atoms with Crippen molar-refractivity contribution in [3.63, 3.8) is 0 Å². The third-order valence-electron chi connectivity index (χ3n) is 4.15. The van der Waals surface area contributed by atoms with Crippen molar-refractivity contribution in [2.75, 3.05) is 31.1 Å². The summed E-state index contributed by atoms with van der Waals surface area (Å²) in [5.41, 5.74) is 0.686. The fourth-order valence-electron chi connectivity index (χ4n) is 2.81. The molecule has 1 fully saturated rings. The molecule has 6 nitrogen and oxygen atoms in total. The standard InChI is InChI=1S/C17H17F3N2O4S/c18-17(19,20)26-15-5-1-13(2-6-15)21-9-11-22(12-10-21)27(24,25)16-7-3-14(23)4-8-16/h1-8,23H,9-12H2. The molecule has 0 aromatic heterocycles. The fourth-order valence-corrected chi connectivity index (χ4v) is 4.23. The van der Waals surface area contributed by atoms with Gasteiger partial charge in [0, 0.05) is 31.9 Å². The van der Waals surface area contributed by atoms with E-state index in [0.29, 0.717) is 18.8 Å². The Hall–Kier alpha value is -2.46. The van der Waals surface area contributed by atoms with Crippen LogP contribution in [-0.4, -0.2) is 50.4 Å². The molecule has 0 atom stereocenters. The SMILES string of the molecule is O=S(=O)(c1ccc(O)cc1)N1CCN(c2ccc(OC(F)(F)F)cc2)CC1. The van der Waals surface area contributed by atoms with Crippen molar-refractivity contribution >= 4 is 15.7 Å². The number of ether oxygens (including phenoxy) is 1. The summed E-state index contributed by atoms with van der Waals surface area (Å²) < 4.78 is 67.0. The number of phenolic OH excluding ortho intramolecular Hbond substituents is 1. The van der Waals surface area contributed by atoms with Crippen LogP contribution in [0.3, 0.4) is 0 Å². The Morgan fingerprint density at radius 2 is 1.44 bits per heavy atom. The smallest absolute Gasteiger partial charge is 0.508 e. The number of sulfonamides is 1. The summed E-state index contributed by atoms with van der Waals surface area (Å²) >= 11 is 0. The summed E-state index contributed by atoms with van der Waals surface area (Å²) in [6.45, 7) is 1.28. The van der Waals surface area contributed by atoms with E-state index >= 15 is 0 Å². The van der Waals surface area contributed by atoms with Gasteiger partial charge in [-0.1, -0.05) is 0 Å². The van der Waals surface area contributed by atoms with Crippen LogP contribution in [0.25, 0.3) is 0 Å². The molecule has 0 bridgehead atoms. The largest absolute Gasteiger partial charge is 0.573 e. The van der Waals surface area contributed by atoms with Gasteiger partial charge in [0.2, 0.25) is 10.0 Å². The Balaban J connectivity index is 1.64. The third kappa shape index (κ3) is 4.64. The van der Waals surface area contributed by atoms with Gasteiger partial charge in [0.15, 0.2) is 0 Å². The second-order valence-electron chi connectivity index (χ2n) is 5.93. The van der Waals surface area contributed by atoms with E-state index in [4.69, 9.17) is 0 Å². The van der Waals surface area contributed by atoms with Gasteiger partial charge >= 0.3 is 6.36 Å². The number of phenols is 1. The molecule has 1 saturated heterocycles. The van der Waals surface area contributed by atoms with Gasteiger partial charge in [-0.25, -0.2) is 8.42 Å². The third-order valence-corrected chi connectivity index (χ3v) is 6.06. The lowest BCUT2D eigenvalue weighted by atomic mass is 10.2. The van der Waals surface area contributed by atoms with Gasteiger partial charge in [-0.15, -0.1) is 13.2 Å². The van der Waals surface area contributed by atoms with E-state index in [0.717, 1.165) is 0 Å². The fraction of sp³-hybridized carbons (Fsp3) is 0.294. The number of alkyl halides is 3. The van der Waals surface area contributed by atoms with Crippen LogP contribution in [0.2, 0.25) is 0 Å². The van der Waals surface area contributed by atoms with Crippen LogP contribution in [0, 0.1) is 0 Å². The Morgan fingerprint density at radius 3 is 1.96 bits per heavy atom. The molecule has 0 radical (unpaired) electrons. The van der Waals surface area contributed by atoms with E-state index in [1.165, 1.54) is 52.8 Å². The van der Waals surface area contributed by atoms with Gasteiger partial charge in [0.1, 0.15) is 11.5 Å². The first-order valence-corrected chi connectivity index (χ1v) is 9.49. The Kier molecular flexibility index (Phi) is 5.20. The number of benzene rings is 2. The number of nitrogens with zero attached hydrogens (tertiary/aromatic N) is 2. The second-order valence-corrected chi connectivity index (χ2v) is 7.86. The number of hydrogen-bond acceptors (Lipinski definition) is 5. The van der Waals surface area contributed by atoms with Gasteiger partial charge in [0.25, 0.3) is 0 Å². The highest BCUT2D eigenvalue weighted by Crippen LogP contribution is 2.27. The maximum Gasteiger partial charge on any atom is 0.573 e. The Labute approximate surface area is 154 Å². The van der Waals surface area contributed by atoms with Gasteiger partial charge in [0.05, 0.1) is 4.90 Å². The summed E-state index contributed by atoms with van der Waals surface area (Å²) in [4.78, 5) is 1.99. The van der Waals surface area contributed by atoms with E-state index in [9.17, 15) is 26.7 Å². The van der Waals surface area contributed by atoms with Crippen LogP contribution in [-0.2, 0) is 10.0 Å². The minimum atomic E-state index is -4.74. The van der Waals surface area contributed by atoms with Crippen molar-refractivity contribution in [3.05, 3.63) is 48.5 Å². The monoisotopic (exact) mass is 402 g/mol. The van der Waals surface area contributed by atoms with Crippen molar-refractivity contribution < 1.29 is 31.4 Å². The van der Waals surface area contributed by atoms with E-state index in [1.807, 2.05) is 4.90 Å². The number of piperazine rings is 1. The maximum atomic E-state index is 12.6. The molecule has 0 spiro atoms. The zero-order chi connectivity index (χ0) is 19.7. The first-order chi connectivity index (χ1) is 12.6. The minimum absolute atomic E-state index is 0.0169. The second kappa shape index (κ2) is 7.28. The van der Waals surface area contributed by atoms with Crippen LogP contribution in [0.1, 0.15) is 0 Å². The van der Waals surface area contributed by atoms with Gasteiger partial charge in [-0.3, -0.25) is 0 Å². The molecule has 0 aliphatic carbocycles. The highest BCUT2D eigenvalue weighted by Gasteiger charge is 2.31. The van der Waals surface area contributed by atoms with E-state index in [2.05, 4.69) is 4.74 Å². The maximum absolute atomic E-state index is 12.6. The molecule has 1 N–H and O–H groups in total. The van der Waals surface area contributed by atoms with Gasteiger partial charge in [-0.2, -0.15) is 4.31 Å². The lowest BCUT2D eigenvalue weighted by Gasteiger charge is -2.35. The first kappa shape index (κ1) is 19.3. The van der Waals surface area contributed by atoms with Crippen molar-refractivity contribution in [1.29, 1.82) is 0 Å². The summed E-state index contributed by atoms with van der Waals surface area (Å²) in [7, 11) is -3.66. The predicted octanol–water partition coefficient (Wildman–Crippen LogP) is 2.80. The van der Waals surface area contributed by atoms with Crippen LogP contribution < -0.4 is 9.64 Å². The Bertz CT molecular complexity index is 876. The Morgan fingerprint density at radius 1 is 0.889 bits per heavy atom. The molecule has 1 aliphatic rings.